The van der Waals surface area contributed by atoms with Crippen molar-refractivity contribution in [1.82, 2.24) is 15.6 Å². The van der Waals surface area contributed by atoms with Crippen LogP contribution in [0.1, 0.15) is 48.7 Å². The van der Waals surface area contributed by atoms with Crippen molar-refractivity contribution in [3.8, 4) is 16.3 Å². The molecule has 0 saturated carbocycles. The Bertz CT molecular complexity index is 707. The molecule has 1 fully saturated rings. The Morgan fingerprint density at radius 3 is 2.88 bits per heavy atom. The number of hydrogen-bond acceptors (Lipinski definition) is 5. The molecule has 2 heterocycles. The van der Waals surface area contributed by atoms with Gasteiger partial charge in [-0.25, -0.2) is 4.98 Å². The summed E-state index contributed by atoms with van der Waals surface area (Å²) in [6.07, 6.45) is 7.59. The number of piperidine rings is 1. The average molecular weight is 372 g/mol. The lowest BCUT2D eigenvalue weighted by molar-refractivity contribution is 0.340. The van der Waals surface area contributed by atoms with Crippen molar-refractivity contribution >= 4 is 11.3 Å². The number of aromatic nitrogens is 1. The zero-order valence-corrected chi connectivity index (χ0v) is 16.4. The first-order valence-electron chi connectivity index (χ1n) is 9.91. The second-order valence-electron chi connectivity index (χ2n) is 7.46. The van der Waals surface area contributed by atoms with Crippen LogP contribution in [0.25, 0.3) is 10.6 Å². The van der Waals surface area contributed by atoms with Crippen molar-refractivity contribution in [2.24, 2.45) is 5.92 Å². The van der Waals surface area contributed by atoms with Crippen LogP contribution in [0.3, 0.4) is 0 Å². The molecule has 2 unspecified atom stereocenters. The van der Waals surface area contributed by atoms with Gasteiger partial charge in [0.15, 0.2) is 0 Å². The summed E-state index contributed by atoms with van der Waals surface area (Å²) in [6.45, 7) is 3.51. The van der Waals surface area contributed by atoms with Gasteiger partial charge in [-0.05, 0) is 88.3 Å². The van der Waals surface area contributed by atoms with Crippen LogP contribution in [0.2, 0.25) is 0 Å². The maximum absolute atomic E-state index is 5.27. The van der Waals surface area contributed by atoms with Crippen LogP contribution in [0.5, 0.6) is 5.75 Å². The van der Waals surface area contributed by atoms with E-state index in [1.807, 2.05) is 23.5 Å². The highest BCUT2D eigenvalue weighted by Crippen LogP contribution is 2.38. The topological polar surface area (TPSA) is 46.2 Å². The summed E-state index contributed by atoms with van der Waals surface area (Å²) in [4.78, 5) is 6.41. The van der Waals surface area contributed by atoms with Gasteiger partial charge in [-0.1, -0.05) is 0 Å². The maximum atomic E-state index is 5.27. The van der Waals surface area contributed by atoms with E-state index in [0.29, 0.717) is 6.04 Å². The molecule has 140 valence electrons. The smallest absolute Gasteiger partial charge is 0.123 e. The molecular formula is C21H29N3OS. The van der Waals surface area contributed by atoms with E-state index >= 15 is 0 Å². The Labute approximate surface area is 160 Å². The van der Waals surface area contributed by atoms with E-state index in [-0.39, 0.29) is 0 Å². The molecule has 26 heavy (non-hydrogen) atoms. The molecule has 2 atom stereocenters. The van der Waals surface area contributed by atoms with Gasteiger partial charge in [-0.3, -0.25) is 0 Å². The highest BCUT2D eigenvalue weighted by atomic mass is 32.1. The first-order chi connectivity index (χ1) is 12.8. The summed E-state index contributed by atoms with van der Waals surface area (Å²) in [7, 11) is 1.71. The van der Waals surface area contributed by atoms with Crippen LogP contribution in [-0.2, 0) is 6.42 Å². The number of benzene rings is 1. The standard InChI is InChI=1S/C21H29N3OS/c1-25-17-9-7-16(8-10-17)21-24-19-6-2-5-18(20(19)26-21)23-13-11-15-4-3-12-22-14-15/h7-10,15,18,22-23H,2-6,11-14H2,1H3. The fourth-order valence-corrected chi connectivity index (χ4v) is 5.33. The predicted octanol–water partition coefficient (Wildman–Crippen LogP) is 4.18. The van der Waals surface area contributed by atoms with Crippen molar-refractivity contribution in [2.75, 3.05) is 26.7 Å². The molecule has 0 amide bonds. The summed E-state index contributed by atoms with van der Waals surface area (Å²) >= 11 is 1.87. The van der Waals surface area contributed by atoms with Crippen LogP contribution in [0, 0.1) is 5.92 Å². The number of ether oxygens (including phenoxy) is 1. The van der Waals surface area contributed by atoms with Crippen LogP contribution < -0.4 is 15.4 Å². The van der Waals surface area contributed by atoms with E-state index in [9.17, 15) is 0 Å². The summed E-state index contributed by atoms with van der Waals surface area (Å²) in [5.41, 5.74) is 2.50. The maximum Gasteiger partial charge on any atom is 0.123 e. The molecule has 2 N–H and O–H groups in total. The van der Waals surface area contributed by atoms with Crippen LogP contribution >= 0.6 is 11.3 Å². The third kappa shape index (κ3) is 4.11. The molecule has 0 spiro atoms. The highest BCUT2D eigenvalue weighted by molar-refractivity contribution is 7.15. The minimum Gasteiger partial charge on any atom is -0.497 e. The van der Waals surface area contributed by atoms with Crippen molar-refractivity contribution < 1.29 is 4.74 Å². The van der Waals surface area contributed by atoms with E-state index in [0.717, 1.165) is 29.6 Å². The number of nitrogens with one attached hydrogen (secondary N) is 2. The van der Waals surface area contributed by atoms with Gasteiger partial charge in [0.1, 0.15) is 10.8 Å². The number of hydrogen-bond donors (Lipinski definition) is 2. The lowest BCUT2D eigenvalue weighted by atomic mass is 9.95. The average Bonchev–Trinajstić information content (AvgIpc) is 3.14. The Morgan fingerprint density at radius 2 is 2.12 bits per heavy atom. The zero-order valence-electron chi connectivity index (χ0n) is 15.6. The van der Waals surface area contributed by atoms with Gasteiger partial charge >= 0.3 is 0 Å². The number of aryl methyl sites for hydroxylation is 1. The summed E-state index contributed by atoms with van der Waals surface area (Å²) in [5.74, 6) is 1.74. The molecule has 4 nitrogen and oxygen atoms in total. The quantitative estimate of drug-likeness (QED) is 0.800. The van der Waals surface area contributed by atoms with Crippen molar-refractivity contribution in [3.05, 3.63) is 34.8 Å². The lowest BCUT2D eigenvalue weighted by Gasteiger charge is -2.26. The van der Waals surface area contributed by atoms with E-state index in [4.69, 9.17) is 9.72 Å². The molecule has 1 aliphatic carbocycles. The van der Waals surface area contributed by atoms with Gasteiger partial charge in [0.25, 0.3) is 0 Å². The molecule has 2 aromatic rings. The molecule has 2 aliphatic rings. The summed E-state index contributed by atoms with van der Waals surface area (Å²) in [6, 6.07) is 8.75. The molecule has 4 rings (SSSR count). The van der Waals surface area contributed by atoms with Crippen LogP contribution in [0.4, 0.5) is 0 Å². The molecule has 1 aromatic carbocycles. The Balaban J connectivity index is 1.41. The molecular weight excluding hydrogens is 342 g/mol. The third-order valence-electron chi connectivity index (χ3n) is 5.63. The van der Waals surface area contributed by atoms with Crippen LogP contribution in [-0.4, -0.2) is 31.7 Å². The van der Waals surface area contributed by atoms with Gasteiger partial charge in [0.05, 0.1) is 12.8 Å². The van der Waals surface area contributed by atoms with Gasteiger partial charge in [-0.2, -0.15) is 0 Å². The fraction of sp³-hybridized carbons (Fsp3) is 0.571. The number of fused-ring (bicyclic) bond motifs is 1. The minimum atomic E-state index is 0.486. The first-order valence-corrected chi connectivity index (χ1v) is 10.7. The van der Waals surface area contributed by atoms with E-state index < -0.39 is 0 Å². The second kappa shape index (κ2) is 8.51. The SMILES string of the molecule is COc1ccc(-c2nc3c(s2)C(NCCC2CCCNC2)CCC3)cc1. The Morgan fingerprint density at radius 1 is 1.23 bits per heavy atom. The second-order valence-corrected chi connectivity index (χ2v) is 8.49. The van der Waals surface area contributed by atoms with Crippen LogP contribution in [0.15, 0.2) is 24.3 Å². The molecule has 5 heteroatoms. The van der Waals surface area contributed by atoms with Gasteiger partial charge in [-0.15, -0.1) is 11.3 Å². The zero-order chi connectivity index (χ0) is 17.8. The van der Waals surface area contributed by atoms with E-state index in [2.05, 4.69) is 22.8 Å². The minimum absolute atomic E-state index is 0.486. The first kappa shape index (κ1) is 18.0. The largest absolute Gasteiger partial charge is 0.497 e. The highest BCUT2D eigenvalue weighted by Gasteiger charge is 2.25. The number of nitrogens with zero attached hydrogens (tertiary/aromatic N) is 1. The number of methoxy groups -OCH3 is 1. The molecule has 1 saturated heterocycles. The molecule has 0 radical (unpaired) electrons. The van der Waals surface area contributed by atoms with Crippen molar-refractivity contribution in [2.45, 2.75) is 44.6 Å². The third-order valence-corrected chi connectivity index (χ3v) is 6.89. The Hall–Kier alpha value is -1.43. The van der Waals surface area contributed by atoms with E-state index in [1.165, 1.54) is 61.3 Å². The molecule has 1 aromatic heterocycles. The van der Waals surface area contributed by atoms with Gasteiger partial charge < -0.3 is 15.4 Å². The van der Waals surface area contributed by atoms with E-state index in [1.54, 1.807) is 7.11 Å². The number of thiazole rings is 1. The fourth-order valence-electron chi connectivity index (χ4n) is 4.10. The van der Waals surface area contributed by atoms with Crippen molar-refractivity contribution in [3.63, 3.8) is 0 Å². The number of rotatable bonds is 6. The monoisotopic (exact) mass is 371 g/mol. The Kier molecular flexibility index (Phi) is 5.88. The molecule has 0 bridgehead atoms. The normalized spacial score (nSPS) is 22.8. The molecule has 1 aliphatic heterocycles. The van der Waals surface area contributed by atoms with Crippen molar-refractivity contribution in [1.29, 1.82) is 0 Å². The predicted molar refractivity (Wildman–Crippen MR) is 108 cm³/mol. The van der Waals surface area contributed by atoms with Gasteiger partial charge in [0.2, 0.25) is 0 Å². The van der Waals surface area contributed by atoms with Gasteiger partial charge in [0, 0.05) is 16.5 Å². The summed E-state index contributed by atoms with van der Waals surface area (Å²) < 4.78 is 5.27. The lowest BCUT2D eigenvalue weighted by Crippen LogP contribution is -2.33. The summed E-state index contributed by atoms with van der Waals surface area (Å²) in [5, 5.41) is 8.50.